The van der Waals surface area contributed by atoms with E-state index in [9.17, 15) is 14.4 Å². The molecule has 0 radical (unpaired) electrons. The smallest absolute Gasteiger partial charge is 0.298 e. The lowest BCUT2D eigenvalue weighted by atomic mass is 10.1. The Morgan fingerprint density at radius 2 is 1.85 bits per heavy atom. The lowest BCUT2D eigenvalue weighted by Crippen LogP contribution is -2.37. The number of nitrogens with one attached hydrogen (secondary N) is 2. The van der Waals surface area contributed by atoms with E-state index < -0.39 is 11.2 Å². The van der Waals surface area contributed by atoms with Crippen LogP contribution in [0.5, 0.6) is 0 Å². The summed E-state index contributed by atoms with van der Waals surface area (Å²) in [5.74, 6) is 0.253. The van der Waals surface area contributed by atoms with Crippen LogP contribution in [0.25, 0.3) is 16.5 Å². The summed E-state index contributed by atoms with van der Waals surface area (Å²) in [5.41, 5.74) is 4.17. The summed E-state index contributed by atoms with van der Waals surface area (Å²) in [6.45, 7) is 0.145. The lowest BCUT2D eigenvalue weighted by molar-refractivity contribution is 0.0780. The van der Waals surface area contributed by atoms with Gasteiger partial charge in [-0.05, 0) is 48.0 Å². The highest BCUT2D eigenvalue weighted by Crippen LogP contribution is 2.18. The van der Waals surface area contributed by atoms with Crippen LogP contribution < -0.4 is 16.7 Å². The van der Waals surface area contributed by atoms with E-state index in [2.05, 4.69) is 20.4 Å². The maximum atomic E-state index is 13.0. The van der Waals surface area contributed by atoms with Crippen LogP contribution in [-0.4, -0.2) is 30.4 Å². The van der Waals surface area contributed by atoms with E-state index in [1.165, 1.54) is 9.58 Å². The molecule has 4 aromatic rings. The standard InChI is InChI=1S/C24H17ClN6O3/c25-18-5-6-19-20(12-18)30(24(34)29-22(19)32)14-15-3-1-4-16(11-15)23(33)31-10-7-17(13-28-31)21-26-8-2-9-27-21/h1-13,28H,14H2,(H,29,32,34). The van der Waals surface area contributed by atoms with Gasteiger partial charge in [0.1, 0.15) is 0 Å². The fourth-order valence-electron chi connectivity index (χ4n) is 3.64. The number of carbonyl (C=O) groups excluding carboxylic acids is 1. The number of H-pyrrole nitrogens is 1. The van der Waals surface area contributed by atoms with Crippen molar-refractivity contribution in [3.05, 3.63) is 122 Å². The molecule has 1 aliphatic heterocycles. The highest BCUT2D eigenvalue weighted by molar-refractivity contribution is 6.31. The number of amides is 1. The molecule has 34 heavy (non-hydrogen) atoms. The largest absolute Gasteiger partial charge is 0.329 e. The first kappa shape index (κ1) is 21.4. The highest BCUT2D eigenvalue weighted by atomic mass is 35.5. The molecule has 2 N–H and O–H groups in total. The van der Waals surface area contributed by atoms with Crippen LogP contribution in [0, 0.1) is 0 Å². The van der Waals surface area contributed by atoms with Gasteiger partial charge in [-0.25, -0.2) is 19.8 Å². The molecule has 0 aliphatic carbocycles. The molecule has 2 aromatic carbocycles. The predicted molar refractivity (Wildman–Crippen MR) is 128 cm³/mol. The van der Waals surface area contributed by atoms with Gasteiger partial charge in [-0.3, -0.25) is 24.6 Å². The molecular weight excluding hydrogens is 456 g/mol. The highest BCUT2D eigenvalue weighted by Gasteiger charge is 2.17. The van der Waals surface area contributed by atoms with Crippen LogP contribution in [0.15, 0.2) is 89.0 Å². The summed E-state index contributed by atoms with van der Waals surface area (Å²) in [6, 6.07) is 13.4. The van der Waals surface area contributed by atoms with Crippen molar-refractivity contribution in [2.24, 2.45) is 0 Å². The predicted octanol–water partition coefficient (Wildman–Crippen LogP) is 2.70. The number of halogens is 1. The molecule has 5 rings (SSSR count). The van der Waals surface area contributed by atoms with E-state index in [4.69, 9.17) is 11.6 Å². The van der Waals surface area contributed by atoms with Crippen molar-refractivity contribution in [3.63, 3.8) is 0 Å². The number of fused-ring (bicyclic) bond motifs is 1. The number of carbonyl (C=O) groups is 1. The number of allylic oxidation sites excluding steroid dienone is 2. The lowest BCUT2D eigenvalue weighted by Gasteiger charge is -2.22. The monoisotopic (exact) mass is 472 g/mol. The average molecular weight is 473 g/mol. The van der Waals surface area contributed by atoms with Crippen LogP contribution in [0.1, 0.15) is 21.7 Å². The number of rotatable bonds is 4. The molecule has 0 bridgehead atoms. The Hall–Kier alpha value is -4.50. The molecule has 2 aromatic heterocycles. The zero-order valence-electron chi connectivity index (χ0n) is 17.6. The van der Waals surface area contributed by atoms with Crippen molar-refractivity contribution in [1.29, 1.82) is 0 Å². The molecule has 0 fully saturated rings. The van der Waals surface area contributed by atoms with E-state index in [1.54, 1.807) is 79.4 Å². The van der Waals surface area contributed by atoms with Gasteiger partial charge in [0.2, 0.25) is 0 Å². The Morgan fingerprint density at radius 3 is 2.62 bits per heavy atom. The Kier molecular flexibility index (Phi) is 5.52. The van der Waals surface area contributed by atoms with Gasteiger partial charge in [0.25, 0.3) is 11.5 Å². The van der Waals surface area contributed by atoms with Crippen molar-refractivity contribution in [2.75, 3.05) is 0 Å². The van der Waals surface area contributed by atoms with Gasteiger partial charge < -0.3 is 0 Å². The van der Waals surface area contributed by atoms with Crippen LogP contribution in [0.4, 0.5) is 0 Å². The average Bonchev–Trinajstić information content (AvgIpc) is 2.87. The number of benzene rings is 2. The second-order valence-electron chi connectivity index (χ2n) is 7.50. The molecular formula is C24H17ClN6O3. The van der Waals surface area contributed by atoms with Crippen LogP contribution >= 0.6 is 11.6 Å². The van der Waals surface area contributed by atoms with E-state index in [0.717, 1.165) is 5.57 Å². The topological polar surface area (TPSA) is 113 Å². The van der Waals surface area contributed by atoms with Gasteiger partial charge in [0.05, 0.1) is 17.4 Å². The molecule has 168 valence electrons. The van der Waals surface area contributed by atoms with E-state index in [1.807, 2.05) is 0 Å². The molecule has 0 saturated heterocycles. The molecule has 10 heteroatoms. The first-order valence-corrected chi connectivity index (χ1v) is 10.6. The minimum Gasteiger partial charge on any atom is -0.298 e. The van der Waals surface area contributed by atoms with Crippen LogP contribution in [0.2, 0.25) is 5.02 Å². The molecule has 0 saturated carbocycles. The zero-order valence-corrected chi connectivity index (χ0v) is 18.4. The third-order valence-corrected chi connectivity index (χ3v) is 5.52. The Morgan fingerprint density at radius 1 is 1.03 bits per heavy atom. The summed E-state index contributed by atoms with van der Waals surface area (Å²) >= 11 is 6.10. The van der Waals surface area contributed by atoms with Crippen molar-refractivity contribution in [2.45, 2.75) is 6.54 Å². The Bertz CT molecular complexity index is 1590. The van der Waals surface area contributed by atoms with Gasteiger partial charge in [-0.15, -0.1) is 0 Å². The van der Waals surface area contributed by atoms with Gasteiger partial charge in [-0.2, -0.15) is 0 Å². The summed E-state index contributed by atoms with van der Waals surface area (Å²) in [6.07, 6.45) is 8.27. The van der Waals surface area contributed by atoms with Crippen molar-refractivity contribution in [1.82, 2.24) is 30.0 Å². The number of aromatic nitrogens is 4. The fraction of sp³-hybridized carbons (Fsp3) is 0.0417. The molecule has 1 amide bonds. The minimum atomic E-state index is -0.557. The number of aromatic amines is 1. The second kappa shape index (κ2) is 8.80. The van der Waals surface area contributed by atoms with Gasteiger partial charge in [-0.1, -0.05) is 23.7 Å². The summed E-state index contributed by atoms with van der Waals surface area (Å²) < 4.78 is 1.42. The molecule has 1 aliphatic rings. The van der Waals surface area contributed by atoms with Gasteiger partial charge >= 0.3 is 5.69 Å². The Labute approximate surface area is 197 Å². The number of hydrogen-bond donors (Lipinski definition) is 2. The number of nitrogens with zero attached hydrogens (tertiary/aromatic N) is 4. The third kappa shape index (κ3) is 4.12. The SMILES string of the molecule is O=C(c1cccc(Cn2c(=O)[nH]c(=O)c3ccc(Cl)cc32)c1)N1C=CC(c2ncccn2)=CN1. The summed E-state index contributed by atoms with van der Waals surface area (Å²) in [4.78, 5) is 48.4. The number of hydrogen-bond acceptors (Lipinski definition) is 6. The Balaban J connectivity index is 1.40. The quantitative estimate of drug-likeness (QED) is 0.472. The second-order valence-corrected chi connectivity index (χ2v) is 7.94. The fourth-order valence-corrected chi connectivity index (χ4v) is 3.81. The third-order valence-electron chi connectivity index (χ3n) is 5.28. The normalized spacial score (nSPS) is 13.0. The zero-order chi connectivity index (χ0) is 23.7. The summed E-state index contributed by atoms with van der Waals surface area (Å²) in [7, 11) is 0. The van der Waals surface area contributed by atoms with Crippen molar-refractivity contribution < 1.29 is 4.79 Å². The molecule has 0 unspecified atom stereocenters. The van der Waals surface area contributed by atoms with Crippen LogP contribution in [-0.2, 0) is 6.54 Å². The van der Waals surface area contributed by atoms with Crippen molar-refractivity contribution >= 4 is 34.0 Å². The minimum absolute atomic E-state index is 0.145. The molecule has 3 heterocycles. The first-order chi connectivity index (χ1) is 16.5. The molecule has 0 spiro atoms. The van der Waals surface area contributed by atoms with E-state index in [-0.39, 0.29) is 12.5 Å². The maximum Gasteiger partial charge on any atom is 0.329 e. The summed E-state index contributed by atoms with van der Waals surface area (Å²) in [5, 5.41) is 2.10. The maximum absolute atomic E-state index is 13.0. The van der Waals surface area contributed by atoms with Gasteiger partial charge in [0, 0.05) is 41.0 Å². The molecule has 0 atom stereocenters. The molecule has 9 nitrogen and oxygen atoms in total. The van der Waals surface area contributed by atoms with E-state index >= 15 is 0 Å². The van der Waals surface area contributed by atoms with Crippen molar-refractivity contribution in [3.8, 4) is 0 Å². The van der Waals surface area contributed by atoms with E-state index in [0.29, 0.717) is 32.9 Å². The van der Waals surface area contributed by atoms with Gasteiger partial charge in [0.15, 0.2) is 5.82 Å². The first-order valence-electron chi connectivity index (χ1n) is 10.3. The number of hydrazine groups is 1. The van der Waals surface area contributed by atoms with Crippen LogP contribution in [0.3, 0.4) is 0 Å².